The fraction of sp³-hybridized carbons (Fsp3) is 0.333. The highest BCUT2D eigenvalue weighted by atomic mass is 35.5. The van der Waals surface area contributed by atoms with Gasteiger partial charge in [0, 0.05) is 64.3 Å². The van der Waals surface area contributed by atoms with Gasteiger partial charge < -0.3 is 20.1 Å². The van der Waals surface area contributed by atoms with Gasteiger partial charge in [-0.2, -0.15) is 0 Å². The molecular weight excluding hydrogens is 497 g/mol. The molecule has 1 aliphatic heterocycles. The molecule has 4 heterocycles. The van der Waals surface area contributed by atoms with Gasteiger partial charge in [0.25, 0.3) is 0 Å². The maximum atomic E-state index is 6.65. The highest BCUT2D eigenvalue weighted by Crippen LogP contribution is 2.39. The van der Waals surface area contributed by atoms with Gasteiger partial charge in [0.2, 0.25) is 0 Å². The Balaban J connectivity index is 1.69. The van der Waals surface area contributed by atoms with Crippen molar-refractivity contribution in [3.8, 4) is 28.1 Å². The first-order valence-corrected chi connectivity index (χ1v) is 12.8. The minimum Gasteiger partial charge on any atom is -0.489 e. The van der Waals surface area contributed by atoms with Crippen molar-refractivity contribution in [3.63, 3.8) is 0 Å². The summed E-state index contributed by atoms with van der Waals surface area (Å²) in [6, 6.07) is 9.57. The second-order valence-electron chi connectivity index (χ2n) is 9.22. The lowest BCUT2D eigenvalue weighted by Crippen LogP contribution is -2.36. The molecule has 0 unspecified atom stereocenters. The van der Waals surface area contributed by atoms with Gasteiger partial charge in [-0.05, 0) is 30.2 Å². The molecule has 0 radical (unpaired) electrons. The minimum atomic E-state index is 0.275. The van der Waals surface area contributed by atoms with Gasteiger partial charge in [0.1, 0.15) is 5.82 Å². The maximum Gasteiger partial charge on any atom is 0.180 e. The van der Waals surface area contributed by atoms with Crippen LogP contribution in [0.1, 0.15) is 19.4 Å². The molecule has 5 rings (SSSR count). The lowest BCUT2D eigenvalue weighted by Gasteiger charge is -2.28. The van der Waals surface area contributed by atoms with Gasteiger partial charge in [-0.25, -0.2) is 9.97 Å². The van der Waals surface area contributed by atoms with E-state index in [2.05, 4.69) is 29.8 Å². The topological polar surface area (TPSA) is 77.9 Å². The third-order valence-electron chi connectivity index (χ3n) is 6.22. The Labute approximate surface area is 220 Å². The molecule has 9 heteroatoms. The second kappa shape index (κ2) is 10.6. The van der Waals surface area contributed by atoms with Gasteiger partial charge >= 0.3 is 0 Å². The largest absolute Gasteiger partial charge is 0.489 e. The van der Waals surface area contributed by atoms with E-state index in [0.717, 1.165) is 46.9 Å². The number of morpholine rings is 1. The molecule has 0 saturated carbocycles. The molecule has 1 saturated heterocycles. The lowest BCUT2D eigenvalue weighted by atomic mass is 10.0. The molecule has 0 bridgehead atoms. The predicted octanol–water partition coefficient (Wildman–Crippen LogP) is 5.70. The van der Waals surface area contributed by atoms with Crippen LogP contribution in [0.3, 0.4) is 0 Å². The number of ether oxygens (including phenoxy) is 2. The predicted molar refractivity (Wildman–Crippen MR) is 145 cm³/mol. The van der Waals surface area contributed by atoms with Crippen LogP contribution in [0.5, 0.6) is 5.75 Å². The summed E-state index contributed by atoms with van der Waals surface area (Å²) in [6.45, 7) is 8.07. The molecule has 4 aromatic rings. The molecule has 1 aliphatic rings. The summed E-state index contributed by atoms with van der Waals surface area (Å²) in [6.07, 6.45) is 5.73. The summed E-state index contributed by atoms with van der Waals surface area (Å²) in [5.41, 5.74) is 11.5. The SMILES string of the molecule is CC(C)COc1c(CN)c(-c2ccc(Cl)cc2Cl)cn2c(-c3ccnc(N4CCOCC4)c3)cnc12. The fourth-order valence-corrected chi connectivity index (χ4v) is 4.94. The van der Waals surface area contributed by atoms with E-state index in [1.807, 2.05) is 41.2 Å². The molecular formula is C27H29Cl2N5O2. The van der Waals surface area contributed by atoms with Crippen LogP contribution in [-0.2, 0) is 11.3 Å². The van der Waals surface area contributed by atoms with E-state index in [1.54, 1.807) is 6.07 Å². The molecule has 0 spiro atoms. The van der Waals surface area contributed by atoms with Crippen molar-refractivity contribution in [2.24, 2.45) is 11.7 Å². The van der Waals surface area contributed by atoms with Crippen LogP contribution in [0.15, 0.2) is 48.9 Å². The summed E-state index contributed by atoms with van der Waals surface area (Å²) in [4.78, 5) is 11.6. The highest BCUT2D eigenvalue weighted by Gasteiger charge is 2.22. The second-order valence-corrected chi connectivity index (χ2v) is 10.1. The molecule has 0 amide bonds. The van der Waals surface area contributed by atoms with Crippen molar-refractivity contribution >= 4 is 34.7 Å². The van der Waals surface area contributed by atoms with E-state index in [-0.39, 0.29) is 6.54 Å². The summed E-state index contributed by atoms with van der Waals surface area (Å²) in [5.74, 6) is 1.93. The van der Waals surface area contributed by atoms with Gasteiger partial charge in [-0.3, -0.25) is 4.40 Å². The van der Waals surface area contributed by atoms with Crippen LogP contribution in [-0.4, -0.2) is 47.3 Å². The number of pyridine rings is 2. The summed E-state index contributed by atoms with van der Waals surface area (Å²) >= 11 is 12.8. The third kappa shape index (κ3) is 4.89. The van der Waals surface area contributed by atoms with Crippen molar-refractivity contribution in [1.82, 2.24) is 14.4 Å². The Bertz CT molecular complexity index is 1380. The standard InChI is InChI=1S/C27H29Cl2N5O2/c1-17(2)16-36-26-21(13-30)22(20-4-3-19(28)12-23(20)29)15-34-24(14-32-27(26)34)18-5-6-31-25(11-18)33-7-9-35-10-8-33/h3-6,11-12,14-15,17H,7-10,13,16,30H2,1-2H3. The Morgan fingerprint density at radius 2 is 1.89 bits per heavy atom. The highest BCUT2D eigenvalue weighted by molar-refractivity contribution is 6.36. The number of fused-ring (bicyclic) bond motifs is 1. The first-order chi connectivity index (χ1) is 17.5. The van der Waals surface area contributed by atoms with E-state index in [1.165, 1.54) is 0 Å². The van der Waals surface area contributed by atoms with Crippen molar-refractivity contribution in [1.29, 1.82) is 0 Å². The lowest BCUT2D eigenvalue weighted by molar-refractivity contribution is 0.122. The van der Waals surface area contributed by atoms with Gasteiger partial charge in [0.15, 0.2) is 11.4 Å². The van der Waals surface area contributed by atoms with E-state index in [4.69, 9.17) is 43.4 Å². The van der Waals surface area contributed by atoms with Crippen LogP contribution in [0, 0.1) is 5.92 Å². The normalized spacial score (nSPS) is 14.1. The van der Waals surface area contributed by atoms with Gasteiger partial charge in [-0.15, -0.1) is 0 Å². The number of nitrogens with zero attached hydrogens (tertiary/aromatic N) is 4. The van der Waals surface area contributed by atoms with Gasteiger partial charge in [-0.1, -0.05) is 43.1 Å². The Morgan fingerprint density at radius 3 is 2.61 bits per heavy atom. The Hall–Kier alpha value is -2.84. The average Bonchev–Trinajstić information content (AvgIpc) is 3.31. The molecule has 0 atom stereocenters. The van der Waals surface area contributed by atoms with Crippen molar-refractivity contribution in [2.75, 3.05) is 37.8 Å². The van der Waals surface area contributed by atoms with Crippen LogP contribution >= 0.6 is 23.2 Å². The number of nitrogens with two attached hydrogens (primary N) is 1. The minimum absolute atomic E-state index is 0.275. The van der Waals surface area contributed by atoms with Crippen LogP contribution < -0.4 is 15.4 Å². The average molecular weight is 526 g/mol. The number of anilines is 1. The number of halogens is 2. The zero-order valence-corrected chi connectivity index (χ0v) is 21.9. The van der Waals surface area contributed by atoms with E-state index in [0.29, 0.717) is 47.2 Å². The number of rotatable bonds is 7. The van der Waals surface area contributed by atoms with E-state index in [9.17, 15) is 0 Å². The zero-order valence-electron chi connectivity index (χ0n) is 20.4. The molecule has 3 aromatic heterocycles. The van der Waals surface area contributed by atoms with Crippen molar-refractivity contribution in [3.05, 3.63) is 64.5 Å². The molecule has 36 heavy (non-hydrogen) atoms. The number of hydrogen-bond acceptors (Lipinski definition) is 6. The molecule has 0 aliphatic carbocycles. The molecule has 2 N–H and O–H groups in total. The van der Waals surface area contributed by atoms with Crippen molar-refractivity contribution < 1.29 is 9.47 Å². The maximum absolute atomic E-state index is 6.65. The molecule has 7 nitrogen and oxygen atoms in total. The number of hydrogen-bond donors (Lipinski definition) is 1. The first kappa shape index (κ1) is 24.8. The molecule has 1 fully saturated rings. The van der Waals surface area contributed by atoms with Crippen LogP contribution in [0.2, 0.25) is 10.0 Å². The van der Waals surface area contributed by atoms with Crippen LogP contribution in [0.25, 0.3) is 28.0 Å². The number of aromatic nitrogens is 3. The monoisotopic (exact) mass is 525 g/mol. The number of benzene rings is 1. The van der Waals surface area contributed by atoms with Crippen LogP contribution in [0.4, 0.5) is 5.82 Å². The summed E-state index contributed by atoms with van der Waals surface area (Å²) in [5, 5.41) is 1.12. The van der Waals surface area contributed by atoms with E-state index >= 15 is 0 Å². The first-order valence-electron chi connectivity index (χ1n) is 12.1. The summed E-state index contributed by atoms with van der Waals surface area (Å²) < 4.78 is 13.9. The molecule has 188 valence electrons. The zero-order chi connectivity index (χ0) is 25.2. The van der Waals surface area contributed by atoms with Crippen molar-refractivity contribution in [2.45, 2.75) is 20.4 Å². The fourth-order valence-electron chi connectivity index (χ4n) is 4.42. The smallest absolute Gasteiger partial charge is 0.180 e. The quantitative estimate of drug-likeness (QED) is 0.333. The van der Waals surface area contributed by atoms with E-state index < -0.39 is 0 Å². The molecule has 1 aromatic carbocycles. The van der Waals surface area contributed by atoms with Gasteiger partial charge in [0.05, 0.1) is 31.7 Å². The Morgan fingerprint density at radius 1 is 1.08 bits per heavy atom. The third-order valence-corrected chi connectivity index (χ3v) is 6.77. The summed E-state index contributed by atoms with van der Waals surface area (Å²) in [7, 11) is 0. The number of imidazole rings is 1. The Kier molecular flexibility index (Phi) is 7.34.